The van der Waals surface area contributed by atoms with E-state index < -0.39 is 5.41 Å². The summed E-state index contributed by atoms with van der Waals surface area (Å²) in [6.07, 6.45) is 7.22. The molecule has 0 amide bonds. The van der Waals surface area contributed by atoms with E-state index in [1.54, 1.807) is 0 Å². The van der Waals surface area contributed by atoms with Crippen LogP contribution in [0, 0.1) is 0 Å². The lowest BCUT2D eigenvalue weighted by atomic mass is 9.68. The van der Waals surface area contributed by atoms with Crippen LogP contribution >= 0.6 is 0 Å². The Morgan fingerprint density at radius 3 is 1.62 bits per heavy atom. The Balaban J connectivity index is 0.833. The molecule has 0 fully saturated rings. The van der Waals surface area contributed by atoms with E-state index in [-0.39, 0.29) is 0 Å². The lowest BCUT2D eigenvalue weighted by Gasteiger charge is -2.32. The number of rotatable bonds is 9. The van der Waals surface area contributed by atoms with Gasteiger partial charge in [-0.2, -0.15) is 0 Å². The maximum absolute atomic E-state index is 4.18. The highest BCUT2D eigenvalue weighted by Crippen LogP contribution is 2.66. The molecule has 362 valence electrons. The predicted octanol–water partition coefficient (Wildman–Crippen LogP) is 19.7. The van der Waals surface area contributed by atoms with Gasteiger partial charge in [-0.1, -0.05) is 219 Å². The Labute approximate surface area is 450 Å². The third-order valence-electron chi connectivity index (χ3n) is 16.8. The number of aromatic nitrogens is 1. The number of para-hydroxylation sites is 1. The Bertz CT molecular complexity index is 4340. The van der Waals surface area contributed by atoms with Crippen LogP contribution in [0.5, 0.6) is 0 Å². The molecule has 0 radical (unpaired) electrons. The monoisotopic (exact) mass is 980 g/mol. The van der Waals surface area contributed by atoms with Gasteiger partial charge >= 0.3 is 0 Å². The summed E-state index contributed by atoms with van der Waals surface area (Å²) in [7, 11) is 0. The number of hydrogen-bond donors (Lipinski definition) is 0. The van der Waals surface area contributed by atoms with Crippen molar-refractivity contribution in [3.63, 3.8) is 0 Å². The SMILES string of the molecule is C=Cc1c(/C=C\C)n(-c2ccc(-c3ccc(N(c4ccc(-c5ccccc5)cc4)c4ccc(-c5cccc6c5C5(c7ccccc7-6)c6ccccc6-c6c5ccc5c6-c6ccccc6C5)cc4)cc3)cc2)c2ccccc12. The molecule has 2 nitrogen and oxygen atoms in total. The second-order valence-corrected chi connectivity index (χ2v) is 20.7. The molecule has 3 aliphatic carbocycles. The number of allylic oxidation sites excluding steroid dienone is 1. The molecule has 0 saturated carbocycles. The Hall–Kier alpha value is -9.76. The van der Waals surface area contributed by atoms with Crippen LogP contribution in [0.3, 0.4) is 0 Å². The molecule has 0 N–H and O–H groups in total. The smallest absolute Gasteiger partial charge is 0.0731 e. The number of hydrogen-bond acceptors (Lipinski definition) is 1. The van der Waals surface area contributed by atoms with Gasteiger partial charge in [-0.3, -0.25) is 0 Å². The van der Waals surface area contributed by atoms with Crippen LogP contribution in [-0.4, -0.2) is 4.57 Å². The van der Waals surface area contributed by atoms with Crippen molar-refractivity contribution in [3.8, 4) is 72.4 Å². The van der Waals surface area contributed by atoms with Crippen LogP contribution in [0.2, 0.25) is 0 Å². The number of benzene rings is 11. The van der Waals surface area contributed by atoms with Crippen LogP contribution < -0.4 is 4.90 Å². The summed E-state index contributed by atoms with van der Waals surface area (Å²) in [6.45, 7) is 6.25. The summed E-state index contributed by atoms with van der Waals surface area (Å²) in [5, 5.41) is 1.20. The molecule has 1 heterocycles. The number of anilines is 3. The molecule has 0 bridgehead atoms. The minimum atomic E-state index is -0.491. The molecular formula is C75H52N2. The molecule has 1 atom stereocenters. The van der Waals surface area contributed by atoms with Crippen molar-refractivity contribution in [2.24, 2.45) is 0 Å². The summed E-state index contributed by atoms with van der Waals surface area (Å²) in [4.78, 5) is 2.39. The van der Waals surface area contributed by atoms with E-state index in [4.69, 9.17) is 0 Å². The minimum Gasteiger partial charge on any atom is -0.311 e. The first-order chi connectivity index (χ1) is 38.1. The predicted molar refractivity (Wildman–Crippen MR) is 324 cm³/mol. The van der Waals surface area contributed by atoms with E-state index >= 15 is 0 Å². The lowest BCUT2D eigenvalue weighted by Crippen LogP contribution is -2.26. The zero-order valence-electron chi connectivity index (χ0n) is 42.8. The summed E-state index contributed by atoms with van der Waals surface area (Å²) in [5.41, 5.74) is 30.9. The Morgan fingerprint density at radius 1 is 0.416 bits per heavy atom. The van der Waals surface area contributed by atoms with Gasteiger partial charge in [0.25, 0.3) is 0 Å². The fraction of sp³-hybridized carbons (Fsp3) is 0.0400. The average Bonchev–Trinajstić information content (AvgIpc) is 3.31. The third-order valence-corrected chi connectivity index (χ3v) is 16.8. The van der Waals surface area contributed by atoms with Crippen molar-refractivity contribution in [2.75, 3.05) is 4.90 Å². The van der Waals surface area contributed by atoms with E-state index in [2.05, 4.69) is 290 Å². The van der Waals surface area contributed by atoms with Crippen molar-refractivity contribution in [1.82, 2.24) is 4.57 Å². The summed E-state index contributed by atoms with van der Waals surface area (Å²) in [5.74, 6) is 0. The van der Waals surface area contributed by atoms with Crippen molar-refractivity contribution < 1.29 is 0 Å². The molecule has 2 heteroatoms. The molecule has 0 aliphatic heterocycles. The second-order valence-electron chi connectivity index (χ2n) is 20.7. The summed E-state index contributed by atoms with van der Waals surface area (Å²) >= 11 is 0. The molecule has 77 heavy (non-hydrogen) atoms. The average molecular weight is 981 g/mol. The van der Waals surface area contributed by atoms with Gasteiger partial charge in [0.15, 0.2) is 0 Å². The van der Waals surface area contributed by atoms with Gasteiger partial charge in [-0.25, -0.2) is 0 Å². The van der Waals surface area contributed by atoms with Crippen molar-refractivity contribution >= 4 is 40.1 Å². The standard InChI is InChI=1S/C75H52N2/c1-3-17-70-60(4-2)64-23-12-15-29-71(64)77(70)59-43-34-52(35-44-59)51-32-41-57(42-33-51)76(56-39-30-50(31-40-56)49-18-6-5-7-19-49)58-45-36-53(37-46-58)62-25-16-26-65-63-22-10-13-27-67(63)75(74(62)65)68-28-14-11-24-66(68)73-69(75)47-38-55-48-54-20-8-9-21-61(54)72(55)73/h3-47H,2,48H2,1H3/b17-3-. The molecule has 1 spiro atoms. The molecule has 1 aromatic heterocycles. The van der Waals surface area contributed by atoms with Crippen molar-refractivity contribution in [3.05, 3.63) is 312 Å². The van der Waals surface area contributed by atoms with E-state index in [0.717, 1.165) is 51.6 Å². The first-order valence-electron chi connectivity index (χ1n) is 26.9. The van der Waals surface area contributed by atoms with Crippen molar-refractivity contribution in [2.45, 2.75) is 18.8 Å². The molecule has 11 aromatic carbocycles. The highest BCUT2D eigenvalue weighted by atomic mass is 15.1. The maximum Gasteiger partial charge on any atom is 0.0731 e. The Morgan fingerprint density at radius 2 is 0.948 bits per heavy atom. The van der Waals surface area contributed by atoms with Gasteiger partial charge < -0.3 is 9.47 Å². The van der Waals surface area contributed by atoms with Crippen LogP contribution in [0.4, 0.5) is 17.1 Å². The summed E-state index contributed by atoms with van der Waals surface area (Å²) < 4.78 is 2.34. The summed E-state index contributed by atoms with van der Waals surface area (Å²) in [6, 6.07) is 94.8. The maximum atomic E-state index is 4.18. The molecule has 3 aliphatic rings. The number of fused-ring (bicyclic) bond motifs is 15. The largest absolute Gasteiger partial charge is 0.311 e. The molecule has 0 saturated heterocycles. The quantitative estimate of drug-likeness (QED) is 0.140. The zero-order valence-corrected chi connectivity index (χ0v) is 42.8. The highest BCUT2D eigenvalue weighted by Gasteiger charge is 2.53. The van der Waals surface area contributed by atoms with E-state index in [0.29, 0.717) is 0 Å². The molecule has 1 unspecified atom stereocenters. The third kappa shape index (κ3) is 6.68. The van der Waals surface area contributed by atoms with Crippen molar-refractivity contribution in [1.29, 1.82) is 0 Å². The lowest BCUT2D eigenvalue weighted by molar-refractivity contribution is 0.795. The van der Waals surface area contributed by atoms with Gasteiger partial charge in [-0.05, 0) is 174 Å². The fourth-order valence-corrected chi connectivity index (χ4v) is 13.5. The molecular weight excluding hydrogens is 929 g/mol. The van der Waals surface area contributed by atoms with Gasteiger partial charge in [0.05, 0.1) is 16.6 Å². The van der Waals surface area contributed by atoms with E-state index in [1.807, 2.05) is 6.08 Å². The fourth-order valence-electron chi connectivity index (χ4n) is 13.5. The van der Waals surface area contributed by atoms with Crippen LogP contribution in [0.1, 0.15) is 51.6 Å². The minimum absolute atomic E-state index is 0.491. The van der Waals surface area contributed by atoms with Crippen LogP contribution in [0.25, 0.3) is 95.5 Å². The normalized spacial score (nSPS) is 14.3. The molecule has 12 aromatic rings. The number of nitrogens with zero attached hydrogens (tertiary/aromatic N) is 2. The first kappa shape index (κ1) is 44.7. The first-order valence-corrected chi connectivity index (χ1v) is 26.9. The zero-order chi connectivity index (χ0) is 51.2. The van der Waals surface area contributed by atoms with Crippen LogP contribution in [-0.2, 0) is 11.8 Å². The van der Waals surface area contributed by atoms with E-state index in [9.17, 15) is 0 Å². The second kappa shape index (κ2) is 17.7. The topological polar surface area (TPSA) is 8.17 Å². The molecule has 15 rings (SSSR count). The highest BCUT2D eigenvalue weighted by molar-refractivity contribution is 6.04. The van der Waals surface area contributed by atoms with Gasteiger partial charge in [-0.15, -0.1) is 0 Å². The van der Waals surface area contributed by atoms with Gasteiger partial charge in [0.2, 0.25) is 0 Å². The van der Waals surface area contributed by atoms with E-state index in [1.165, 1.54) is 99.9 Å². The van der Waals surface area contributed by atoms with Gasteiger partial charge in [0, 0.05) is 33.7 Å². The Kier molecular flexibility index (Phi) is 10.3. The van der Waals surface area contributed by atoms with Crippen LogP contribution in [0.15, 0.2) is 267 Å². The van der Waals surface area contributed by atoms with Gasteiger partial charge in [0.1, 0.15) is 0 Å².